The molecular formula is C14H21N3S. The van der Waals surface area contributed by atoms with Crippen LogP contribution in [0.25, 0.3) is 4.96 Å². The smallest absolute Gasteiger partial charge is 0.194 e. The van der Waals surface area contributed by atoms with Crippen molar-refractivity contribution in [2.24, 2.45) is 5.92 Å². The SMILES string of the molecule is Cc1cn2c(CNC(C)(C)C3CC3)c(C)nc2s1. The number of fused-ring (bicyclic) bond motifs is 1. The molecular weight excluding hydrogens is 242 g/mol. The number of imidazole rings is 1. The lowest BCUT2D eigenvalue weighted by atomic mass is 9.99. The van der Waals surface area contributed by atoms with Gasteiger partial charge in [-0.3, -0.25) is 4.40 Å². The van der Waals surface area contributed by atoms with Crippen LogP contribution in [-0.2, 0) is 6.54 Å². The van der Waals surface area contributed by atoms with E-state index in [1.807, 2.05) is 0 Å². The molecule has 0 amide bonds. The number of aryl methyl sites for hydroxylation is 2. The first-order chi connectivity index (χ1) is 8.47. The van der Waals surface area contributed by atoms with E-state index in [0.29, 0.717) is 0 Å². The molecule has 4 heteroatoms. The van der Waals surface area contributed by atoms with Gasteiger partial charge in [-0.1, -0.05) is 0 Å². The van der Waals surface area contributed by atoms with E-state index in [4.69, 9.17) is 0 Å². The fourth-order valence-electron chi connectivity index (χ4n) is 2.58. The number of hydrogen-bond acceptors (Lipinski definition) is 3. The van der Waals surface area contributed by atoms with Gasteiger partial charge in [-0.15, -0.1) is 11.3 Å². The van der Waals surface area contributed by atoms with Crippen LogP contribution in [0.1, 0.15) is 43.0 Å². The number of hydrogen-bond donors (Lipinski definition) is 1. The predicted octanol–water partition coefficient (Wildman–Crippen LogP) is 3.29. The van der Waals surface area contributed by atoms with Crippen LogP contribution < -0.4 is 5.32 Å². The molecule has 0 radical (unpaired) electrons. The molecule has 1 saturated carbocycles. The summed E-state index contributed by atoms with van der Waals surface area (Å²) in [4.78, 5) is 7.07. The lowest BCUT2D eigenvalue weighted by molar-refractivity contribution is 0.337. The number of aromatic nitrogens is 2. The normalized spacial score (nSPS) is 16.7. The van der Waals surface area contributed by atoms with Crippen molar-refractivity contribution in [2.75, 3.05) is 0 Å². The summed E-state index contributed by atoms with van der Waals surface area (Å²) in [6.45, 7) is 9.79. The van der Waals surface area contributed by atoms with E-state index in [1.165, 1.54) is 23.4 Å². The molecule has 0 saturated heterocycles. The summed E-state index contributed by atoms with van der Waals surface area (Å²) in [6, 6.07) is 0. The summed E-state index contributed by atoms with van der Waals surface area (Å²) in [7, 11) is 0. The van der Waals surface area contributed by atoms with Crippen LogP contribution in [0, 0.1) is 19.8 Å². The number of thiazole rings is 1. The highest BCUT2D eigenvalue weighted by molar-refractivity contribution is 7.17. The first-order valence-electron chi connectivity index (χ1n) is 6.66. The average Bonchev–Trinajstić information content (AvgIpc) is 3.01. The largest absolute Gasteiger partial charge is 0.306 e. The van der Waals surface area contributed by atoms with Crippen LogP contribution >= 0.6 is 11.3 Å². The number of nitrogens with zero attached hydrogens (tertiary/aromatic N) is 2. The van der Waals surface area contributed by atoms with E-state index >= 15 is 0 Å². The molecule has 0 atom stereocenters. The Kier molecular flexibility index (Phi) is 2.75. The lowest BCUT2D eigenvalue weighted by Crippen LogP contribution is -2.41. The van der Waals surface area contributed by atoms with E-state index in [2.05, 4.69) is 48.6 Å². The van der Waals surface area contributed by atoms with Gasteiger partial charge < -0.3 is 5.32 Å². The van der Waals surface area contributed by atoms with Crippen molar-refractivity contribution in [3.05, 3.63) is 22.5 Å². The molecule has 3 nitrogen and oxygen atoms in total. The molecule has 1 fully saturated rings. The minimum Gasteiger partial charge on any atom is -0.306 e. The van der Waals surface area contributed by atoms with E-state index in [1.54, 1.807) is 11.3 Å². The summed E-state index contributed by atoms with van der Waals surface area (Å²) in [5.41, 5.74) is 2.71. The second-order valence-corrected chi connectivity index (χ2v) is 7.20. The van der Waals surface area contributed by atoms with Gasteiger partial charge in [0.1, 0.15) is 0 Å². The molecule has 2 heterocycles. The molecule has 98 valence electrons. The third-order valence-corrected chi connectivity index (χ3v) is 4.95. The van der Waals surface area contributed by atoms with Crippen LogP contribution in [0.4, 0.5) is 0 Å². The first-order valence-corrected chi connectivity index (χ1v) is 7.48. The van der Waals surface area contributed by atoms with Gasteiger partial charge in [-0.2, -0.15) is 0 Å². The summed E-state index contributed by atoms with van der Waals surface area (Å²) >= 11 is 1.76. The summed E-state index contributed by atoms with van der Waals surface area (Å²) < 4.78 is 2.24. The Morgan fingerprint density at radius 1 is 1.44 bits per heavy atom. The van der Waals surface area contributed by atoms with Gasteiger partial charge in [0.05, 0.1) is 11.4 Å². The molecule has 0 aliphatic heterocycles. The summed E-state index contributed by atoms with van der Waals surface area (Å²) in [5, 5.41) is 3.71. The van der Waals surface area contributed by atoms with Crippen LogP contribution in [-0.4, -0.2) is 14.9 Å². The van der Waals surface area contributed by atoms with Crippen molar-refractivity contribution in [3.63, 3.8) is 0 Å². The molecule has 0 bridgehead atoms. The zero-order valence-corrected chi connectivity index (χ0v) is 12.4. The quantitative estimate of drug-likeness (QED) is 0.917. The Bertz CT molecular complexity index is 575. The van der Waals surface area contributed by atoms with Gasteiger partial charge in [0.25, 0.3) is 0 Å². The highest BCUT2D eigenvalue weighted by atomic mass is 32.1. The third-order valence-electron chi connectivity index (χ3n) is 4.05. The van der Waals surface area contributed by atoms with Crippen molar-refractivity contribution in [1.29, 1.82) is 0 Å². The zero-order valence-electron chi connectivity index (χ0n) is 11.6. The maximum atomic E-state index is 4.64. The minimum atomic E-state index is 0.252. The second kappa shape index (κ2) is 4.07. The van der Waals surface area contributed by atoms with Gasteiger partial charge in [-0.05, 0) is 46.5 Å². The Morgan fingerprint density at radius 3 is 2.83 bits per heavy atom. The third kappa shape index (κ3) is 2.08. The molecule has 2 aromatic rings. The molecule has 1 aliphatic rings. The van der Waals surface area contributed by atoms with Crippen LogP contribution in [0.2, 0.25) is 0 Å². The molecule has 1 aliphatic carbocycles. The van der Waals surface area contributed by atoms with Crippen LogP contribution in [0.5, 0.6) is 0 Å². The predicted molar refractivity (Wildman–Crippen MR) is 76.2 cm³/mol. The molecule has 0 aromatic carbocycles. The monoisotopic (exact) mass is 263 g/mol. The van der Waals surface area contributed by atoms with Gasteiger partial charge in [0, 0.05) is 23.2 Å². The van der Waals surface area contributed by atoms with Crippen molar-refractivity contribution < 1.29 is 0 Å². The van der Waals surface area contributed by atoms with Crippen LogP contribution in [0.15, 0.2) is 6.20 Å². The average molecular weight is 263 g/mol. The van der Waals surface area contributed by atoms with Crippen molar-refractivity contribution in [1.82, 2.24) is 14.7 Å². The fraction of sp³-hybridized carbons (Fsp3) is 0.643. The van der Waals surface area contributed by atoms with Gasteiger partial charge >= 0.3 is 0 Å². The summed E-state index contributed by atoms with van der Waals surface area (Å²) in [6.07, 6.45) is 4.94. The zero-order chi connectivity index (χ0) is 12.9. The maximum absolute atomic E-state index is 4.64. The van der Waals surface area contributed by atoms with Crippen molar-refractivity contribution >= 4 is 16.3 Å². The van der Waals surface area contributed by atoms with Crippen LogP contribution in [0.3, 0.4) is 0 Å². The van der Waals surface area contributed by atoms with Gasteiger partial charge in [-0.25, -0.2) is 4.98 Å². The standard InChI is InChI=1S/C14H21N3S/c1-9-8-17-12(10(2)16-13(17)18-9)7-15-14(3,4)11-5-6-11/h8,11,15H,5-7H2,1-4H3. The Labute approximate surface area is 112 Å². The highest BCUT2D eigenvalue weighted by Gasteiger charge is 2.37. The van der Waals surface area contributed by atoms with E-state index in [-0.39, 0.29) is 5.54 Å². The Hall–Kier alpha value is -0.870. The van der Waals surface area contributed by atoms with Gasteiger partial charge in [0.15, 0.2) is 4.96 Å². The molecule has 3 rings (SSSR count). The molecule has 1 N–H and O–H groups in total. The minimum absolute atomic E-state index is 0.252. The van der Waals surface area contributed by atoms with Gasteiger partial charge in [0.2, 0.25) is 0 Å². The van der Waals surface area contributed by atoms with Crippen molar-refractivity contribution in [3.8, 4) is 0 Å². The topological polar surface area (TPSA) is 29.3 Å². The fourth-order valence-corrected chi connectivity index (χ4v) is 3.47. The number of nitrogens with one attached hydrogen (secondary N) is 1. The second-order valence-electron chi connectivity index (χ2n) is 5.99. The van der Waals surface area contributed by atoms with E-state index < -0.39 is 0 Å². The lowest BCUT2D eigenvalue weighted by Gasteiger charge is -2.26. The molecule has 0 unspecified atom stereocenters. The Balaban J connectivity index is 1.83. The Morgan fingerprint density at radius 2 is 2.17 bits per heavy atom. The first kappa shape index (κ1) is 12.2. The molecule has 2 aromatic heterocycles. The number of rotatable bonds is 4. The van der Waals surface area contributed by atoms with E-state index in [9.17, 15) is 0 Å². The van der Waals surface area contributed by atoms with E-state index in [0.717, 1.165) is 23.1 Å². The summed E-state index contributed by atoms with van der Waals surface area (Å²) in [5.74, 6) is 0.852. The van der Waals surface area contributed by atoms with Crippen molar-refractivity contribution in [2.45, 2.75) is 52.6 Å². The highest BCUT2D eigenvalue weighted by Crippen LogP contribution is 2.39. The molecule has 18 heavy (non-hydrogen) atoms. The molecule has 0 spiro atoms. The maximum Gasteiger partial charge on any atom is 0.194 e.